The van der Waals surface area contributed by atoms with E-state index in [1.165, 1.54) is 89.9 Å². The fraction of sp³-hybridized carbons (Fsp3) is 0.740. The Morgan fingerprint density at radius 3 is 0.927 bits per heavy atom. The molecule has 0 rings (SSSR count). The lowest BCUT2D eigenvalue weighted by Gasteiger charge is -2.21. The molecule has 3 N–H and O–H groups in total. The zero-order chi connectivity index (χ0) is 70.4. The molecule has 0 aromatic heterocycles. The van der Waals surface area contributed by atoms with Crippen LogP contribution in [0.5, 0.6) is 0 Å². The first-order valence-electron chi connectivity index (χ1n) is 37.5. The highest BCUT2D eigenvalue weighted by Gasteiger charge is 2.30. The quantitative estimate of drug-likeness (QED) is 0.0169. The van der Waals surface area contributed by atoms with Crippen LogP contribution in [0.1, 0.15) is 310 Å². The average Bonchev–Trinajstić information content (AvgIpc) is 1.10. The molecule has 0 aromatic carbocycles. The third-order valence-corrected chi connectivity index (χ3v) is 17.5. The summed E-state index contributed by atoms with van der Waals surface area (Å²) in [7, 11) is -9.96. The van der Waals surface area contributed by atoms with Crippen molar-refractivity contribution in [2.24, 2.45) is 0 Å². The average molecular weight is 1390 g/mol. The van der Waals surface area contributed by atoms with Crippen LogP contribution in [-0.4, -0.2) is 96.7 Å². The minimum Gasteiger partial charge on any atom is -0.462 e. The zero-order valence-corrected chi connectivity index (χ0v) is 62.1. The van der Waals surface area contributed by atoms with Crippen LogP contribution in [0, 0.1) is 0 Å². The second-order valence-corrected chi connectivity index (χ2v) is 27.8. The van der Waals surface area contributed by atoms with Crippen LogP contribution in [0.25, 0.3) is 0 Å². The summed E-state index contributed by atoms with van der Waals surface area (Å²) in [6, 6.07) is 0. The third kappa shape index (κ3) is 68.5. The number of phosphoric ester groups is 2. The first-order valence-corrected chi connectivity index (χ1v) is 40.5. The molecule has 0 fully saturated rings. The summed E-state index contributed by atoms with van der Waals surface area (Å²) in [6.07, 6.45) is 71.5. The van der Waals surface area contributed by atoms with Crippen molar-refractivity contribution in [1.82, 2.24) is 0 Å². The van der Waals surface area contributed by atoms with Crippen molar-refractivity contribution in [3.05, 3.63) is 97.2 Å². The van der Waals surface area contributed by atoms with Crippen molar-refractivity contribution in [2.75, 3.05) is 39.6 Å². The third-order valence-electron chi connectivity index (χ3n) is 15.6. The van der Waals surface area contributed by atoms with E-state index in [1.807, 2.05) is 18.2 Å². The molecule has 554 valence electrons. The summed E-state index contributed by atoms with van der Waals surface area (Å²) < 4.78 is 68.3. The van der Waals surface area contributed by atoms with E-state index in [2.05, 4.69) is 101 Å². The van der Waals surface area contributed by atoms with Crippen LogP contribution in [0.15, 0.2) is 97.2 Å². The molecule has 0 aromatic rings. The molecule has 5 atom stereocenters. The molecule has 19 heteroatoms. The number of hydrogen-bond donors (Lipinski definition) is 3. The highest BCUT2D eigenvalue weighted by molar-refractivity contribution is 7.47. The molecule has 0 aliphatic rings. The van der Waals surface area contributed by atoms with Crippen LogP contribution in [0.2, 0.25) is 0 Å². The lowest BCUT2D eigenvalue weighted by Crippen LogP contribution is -2.30. The summed E-state index contributed by atoms with van der Waals surface area (Å²) in [5.41, 5.74) is 0. The second kappa shape index (κ2) is 69.5. The Morgan fingerprint density at radius 1 is 0.312 bits per heavy atom. The molecule has 0 aliphatic heterocycles. The fourth-order valence-corrected chi connectivity index (χ4v) is 11.5. The van der Waals surface area contributed by atoms with Crippen molar-refractivity contribution < 1.29 is 80.2 Å². The van der Waals surface area contributed by atoms with E-state index in [0.29, 0.717) is 25.7 Å². The van der Waals surface area contributed by atoms with E-state index in [9.17, 15) is 43.2 Å². The number of aliphatic hydroxyl groups excluding tert-OH is 1. The molecule has 17 nitrogen and oxygen atoms in total. The Morgan fingerprint density at radius 2 is 0.583 bits per heavy atom. The maximum atomic E-state index is 13.1. The number of phosphoric acid groups is 2. The molecule has 0 spiro atoms. The van der Waals surface area contributed by atoms with Crippen molar-refractivity contribution in [2.45, 2.75) is 329 Å². The lowest BCUT2D eigenvalue weighted by atomic mass is 10.0. The number of ether oxygens (including phenoxy) is 4. The largest absolute Gasteiger partial charge is 0.472 e. The Balaban J connectivity index is 5.36. The summed E-state index contributed by atoms with van der Waals surface area (Å²) in [6.45, 7) is 4.54. The molecule has 0 saturated heterocycles. The van der Waals surface area contributed by atoms with Gasteiger partial charge in [0.15, 0.2) is 12.2 Å². The SMILES string of the molecule is CC/C=C\C/C=C\C/C=C\C/C=C\C/C=C\CC(=O)OCC(COP(=O)(O)OCC(O)COP(=O)(O)OCC(COC(=O)CCCCCCCCC/C=C\C/C=C\C/C=C\CC)OC(=O)CCCCCCCCCCCCCCC)OC(=O)CCCCCCCCCCCCC. The topological polar surface area (TPSA) is 237 Å². The molecule has 96 heavy (non-hydrogen) atoms. The van der Waals surface area contributed by atoms with Gasteiger partial charge in [0.05, 0.1) is 32.8 Å². The molecule has 0 aliphatic carbocycles. The number of aliphatic hydroxyl groups is 1. The molecule has 0 amide bonds. The number of carbonyl (C=O) groups is 4. The normalized spacial score (nSPS) is 14.5. The lowest BCUT2D eigenvalue weighted by molar-refractivity contribution is -0.161. The van der Waals surface area contributed by atoms with Gasteiger partial charge in [-0.3, -0.25) is 37.3 Å². The van der Waals surface area contributed by atoms with Gasteiger partial charge in [-0.1, -0.05) is 298 Å². The standard InChI is InChI=1S/C77H134O17P2/c1-5-9-13-17-21-25-29-32-34-35-37-40-43-46-50-54-58-62-75(80)88-68-73(94-77(82)64-60-56-52-48-44-38-31-27-23-19-15-11-7-3)70-92-96(85,86)90-66-71(78)65-89-95(83,84)91-69-72(93-76(81)63-59-55-51-47-41-28-24-20-16-12-8-4)67-87-74(79)61-57-53-49-45-42-39-36-33-30-26-22-18-14-10-6-2/h9-10,13-14,21-22,25-26,32-34,36,42,45,53,57,71-73,78H,5-8,11-12,15-20,23-24,27-31,35,37-41,43-44,46-52,54-56,58-70H2,1-4H3,(H,83,84)(H,85,86)/b13-9-,14-10-,25-21-,26-22-,34-32-,36-33-,45-42-,57-53-. The fourth-order valence-electron chi connectivity index (χ4n) is 9.96. The number of esters is 4. The van der Waals surface area contributed by atoms with Crippen LogP contribution < -0.4 is 0 Å². The Hall–Kier alpha value is -4.02. The minimum absolute atomic E-state index is 0.0683. The van der Waals surface area contributed by atoms with Crippen molar-refractivity contribution in [1.29, 1.82) is 0 Å². The van der Waals surface area contributed by atoms with Gasteiger partial charge in [-0.05, 0) is 83.5 Å². The summed E-state index contributed by atoms with van der Waals surface area (Å²) in [4.78, 5) is 72.7. The van der Waals surface area contributed by atoms with Crippen LogP contribution in [0.4, 0.5) is 0 Å². The van der Waals surface area contributed by atoms with E-state index < -0.39 is 97.5 Å². The van der Waals surface area contributed by atoms with Gasteiger partial charge in [-0.2, -0.15) is 0 Å². The van der Waals surface area contributed by atoms with Crippen LogP contribution in [-0.2, 0) is 65.4 Å². The smallest absolute Gasteiger partial charge is 0.462 e. The van der Waals surface area contributed by atoms with Gasteiger partial charge >= 0.3 is 39.5 Å². The molecule has 0 radical (unpaired) electrons. The number of carbonyl (C=O) groups excluding carboxylic acids is 4. The molecule has 0 bridgehead atoms. The number of allylic oxidation sites excluding steroid dienone is 15. The number of unbranched alkanes of at least 4 members (excludes halogenated alkanes) is 29. The van der Waals surface area contributed by atoms with E-state index in [1.54, 1.807) is 6.08 Å². The van der Waals surface area contributed by atoms with Gasteiger partial charge in [0.1, 0.15) is 19.3 Å². The van der Waals surface area contributed by atoms with Crippen LogP contribution in [0.3, 0.4) is 0 Å². The van der Waals surface area contributed by atoms with Crippen molar-refractivity contribution in [3.8, 4) is 0 Å². The predicted octanol–water partition coefficient (Wildman–Crippen LogP) is 21.2. The van der Waals surface area contributed by atoms with Gasteiger partial charge in [0.25, 0.3) is 0 Å². The number of hydrogen-bond acceptors (Lipinski definition) is 15. The minimum atomic E-state index is -4.98. The zero-order valence-electron chi connectivity index (χ0n) is 60.3. The highest BCUT2D eigenvalue weighted by atomic mass is 31.2. The van der Waals surface area contributed by atoms with Crippen LogP contribution >= 0.6 is 15.6 Å². The second-order valence-electron chi connectivity index (χ2n) is 24.9. The molecular weight excluding hydrogens is 1260 g/mol. The van der Waals surface area contributed by atoms with E-state index in [0.717, 1.165) is 141 Å². The summed E-state index contributed by atoms with van der Waals surface area (Å²) >= 11 is 0. The monoisotopic (exact) mass is 1390 g/mol. The Labute approximate surface area is 582 Å². The Kier molecular flexibility index (Phi) is 66.6. The predicted molar refractivity (Wildman–Crippen MR) is 390 cm³/mol. The number of rotatable bonds is 70. The Bertz CT molecular complexity index is 2200. The van der Waals surface area contributed by atoms with Gasteiger partial charge in [0.2, 0.25) is 0 Å². The first-order chi connectivity index (χ1) is 46.7. The van der Waals surface area contributed by atoms with E-state index >= 15 is 0 Å². The van der Waals surface area contributed by atoms with E-state index in [4.69, 9.17) is 37.0 Å². The van der Waals surface area contributed by atoms with Gasteiger partial charge in [-0.15, -0.1) is 0 Å². The molecular formula is C77H134O17P2. The van der Waals surface area contributed by atoms with E-state index in [-0.39, 0.29) is 25.7 Å². The van der Waals surface area contributed by atoms with Gasteiger partial charge in [0, 0.05) is 19.3 Å². The highest BCUT2D eigenvalue weighted by Crippen LogP contribution is 2.45. The maximum absolute atomic E-state index is 13.1. The van der Waals surface area contributed by atoms with Crippen molar-refractivity contribution in [3.63, 3.8) is 0 Å². The first kappa shape index (κ1) is 92.0. The maximum Gasteiger partial charge on any atom is 0.472 e. The van der Waals surface area contributed by atoms with Gasteiger partial charge < -0.3 is 33.8 Å². The van der Waals surface area contributed by atoms with Crippen molar-refractivity contribution >= 4 is 39.5 Å². The van der Waals surface area contributed by atoms with Gasteiger partial charge in [-0.25, -0.2) is 9.13 Å². The summed E-state index contributed by atoms with van der Waals surface area (Å²) in [5.74, 6) is -2.32. The molecule has 0 heterocycles. The molecule has 5 unspecified atom stereocenters. The summed E-state index contributed by atoms with van der Waals surface area (Å²) in [5, 5.41) is 10.6. The molecule has 0 saturated carbocycles.